The van der Waals surface area contributed by atoms with Gasteiger partial charge in [0.15, 0.2) is 5.11 Å². The fourth-order valence-corrected chi connectivity index (χ4v) is 2.68. The summed E-state index contributed by atoms with van der Waals surface area (Å²) in [5.41, 5.74) is 6.29. The van der Waals surface area contributed by atoms with Gasteiger partial charge in [0, 0.05) is 18.8 Å². The molecule has 0 unspecified atom stereocenters. The molecule has 1 atom stereocenters. The minimum absolute atomic E-state index is 0.112. The standard InChI is InChI=1S/C15H21N3O2S/c1-2-20-13-7-5-12(6-8-13)17-15(21)18-9-3-4-11(10-18)14(16)19/h5-8,11H,2-4,9-10H2,1H3,(H2,16,19)(H,17,21)/t11-/m0/s1. The van der Waals surface area contributed by atoms with Crippen LogP contribution in [-0.4, -0.2) is 35.6 Å². The van der Waals surface area contributed by atoms with Crippen LogP contribution in [0.1, 0.15) is 19.8 Å². The Hall–Kier alpha value is -1.82. The Labute approximate surface area is 130 Å². The molecule has 0 aromatic heterocycles. The van der Waals surface area contributed by atoms with Crippen molar-refractivity contribution in [3.05, 3.63) is 24.3 Å². The molecule has 2 rings (SSSR count). The van der Waals surface area contributed by atoms with Gasteiger partial charge in [-0.3, -0.25) is 4.79 Å². The number of anilines is 1. The summed E-state index contributed by atoms with van der Waals surface area (Å²) in [5, 5.41) is 3.82. The quantitative estimate of drug-likeness (QED) is 0.833. The molecule has 0 spiro atoms. The van der Waals surface area contributed by atoms with Crippen molar-refractivity contribution in [3.63, 3.8) is 0 Å². The van der Waals surface area contributed by atoms with E-state index in [-0.39, 0.29) is 11.8 Å². The predicted octanol–water partition coefficient (Wildman–Crippen LogP) is 1.98. The van der Waals surface area contributed by atoms with Crippen LogP contribution >= 0.6 is 12.2 Å². The Morgan fingerprint density at radius 1 is 1.48 bits per heavy atom. The van der Waals surface area contributed by atoms with Crippen LogP contribution in [0.15, 0.2) is 24.3 Å². The van der Waals surface area contributed by atoms with Gasteiger partial charge in [0.25, 0.3) is 0 Å². The van der Waals surface area contributed by atoms with Gasteiger partial charge in [-0.15, -0.1) is 0 Å². The molecule has 1 amide bonds. The first kappa shape index (κ1) is 15.6. The van der Waals surface area contributed by atoms with Gasteiger partial charge in [-0.1, -0.05) is 0 Å². The highest BCUT2D eigenvalue weighted by Gasteiger charge is 2.25. The third kappa shape index (κ3) is 4.32. The average molecular weight is 307 g/mol. The molecule has 0 aliphatic carbocycles. The summed E-state index contributed by atoms with van der Waals surface area (Å²) in [6.07, 6.45) is 1.77. The molecular weight excluding hydrogens is 286 g/mol. The van der Waals surface area contributed by atoms with E-state index in [1.807, 2.05) is 36.1 Å². The lowest BCUT2D eigenvalue weighted by Crippen LogP contribution is -2.45. The first-order chi connectivity index (χ1) is 10.1. The van der Waals surface area contributed by atoms with E-state index in [2.05, 4.69) is 5.32 Å². The van der Waals surface area contributed by atoms with Crippen molar-refractivity contribution < 1.29 is 9.53 Å². The van der Waals surface area contributed by atoms with Gasteiger partial charge in [0.05, 0.1) is 12.5 Å². The summed E-state index contributed by atoms with van der Waals surface area (Å²) in [6, 6.07) is 7.65. The highest BCUT2D eigenvalue weighted by atomic mass is 32.1. The fraction of sp³-hybridized carbons (Fsp3) is 0.467. The summed E-state index contributed by atoms with van der Waals surface area (Å²) >= 11 is 5.41. The van der Waals surface area contributed by atoms with Gasteiger partial charge in [-0.25, -0.2) is 0 Å². The van der Waals surface area contributed by atoms with E-state index in [1.54, 1.807) is 0 Å². The lowest BCUT2D eigenvalue weighted by Gasteiger charge is -2.33. The first-order valence-electron chi connectivity index (χ1n) is 7.18. The van der Waals surface area contributed by atoms with E-state index in [0.717, 1.165) is 30.8 Å². The number of nitrogens with two attached hydrogens (primary N) is 1. The zero-order chi connectivity index (χ0) is 15.2. The molecule has 1 aliphatic rings. The van der Waals surface area contributed by atoms with Crippen LogP contribution in [-0.2, 0) is 4.79 Å². The highest BCUT2D eigenvalue weighted by Crippen LogP contribution is 2.19. The third-order valence-corrected chi connectivity index (χ3v) is 3.89. The molecule has 1 aliphatic heterocycles. The number of benzene rings is 1. The Kier molecular flexibility index (Phi) is 5.38. The maximum absolute atomic E-state index is 11.3. The Balaban J connectivity index is 1.92. The number of hydrogen-bond acceptors (Lipinski definition) is 3. The number of nitrogens with zero attached hydrogens (tertiary/aromatic N) is 1. The second kappa shape index (κ2) is 7.26. The van der Waals surface area contributed by atoms with Crippen molar-refractivity contribution in [2.45, 2.75) is 19.8 Å². The topological polar surface area (TPSA) is 67.6 Å². The van der Waals surface area contributed by atoms with E-state index >= 15 is 0 Å². The van der Waals surface area contributed by atoms with Crippen LogP contribution in [0.4, 0.5) is 5.69 Å². The summed E-state index contributed by atoms with van der Waals surface area (Å²) < 4.78 is 5.40. The average Bonchev–Trinajstić information content (AvgIpc) is 2.49. The molecule has 1 heterocycles. The summed E-state index contributed by atoms with van der Waals surface area (Å²) in [4.78, 5) is 13.3. The highest BCUT2D eigenvalue weighted by molar-refractivity contribution is 7.80. The maximum Gasteiger partial charge on any atom is 0.222 e. The first-order valence-corrected chi connectivity index (χ1v) is 7.59. The van der Waals surface area contributed by atoms with E-state index in [4.69, 9.17) is 22.7 Å². The van der Waals surface area contributed by atoms with Gasteiger partial charge < -0.3 is 20.7 Å². The zero-order valence-electron chi connectivity index (χ0n) is 12.2. The number of carbonyl (C=O) groups is 1. The molecule has 0 bridgehead atoms. The SMILES string of the molecule is CCOc1ccc(NC(=S)N2CCC[C@H](C(N)=O)C2)cc1. The predicted molar refractivity (Wildman–Crippen MR) is 87.3 cm³/mol. The number of hydrogen-bond donors (Lipinski definition) is 2. The summed E-state index contributed by atoms with van der Waals surface area (Å²) in [6.45, 7) is 4.05. The van der Waals surface area contributed by atoms with Gasteiger partial charge in [0.2, 0.25) is 5.91 Å². The fourth-order valence-electron chi connectivity index (χ4n) is 2.40. The van der Waals surface area contributed by atoms with Gasteiger partial charge in [-0.2, -0.15) is 0 Å². The van der Waals surface area contributed by atoms with Crippen LogP contribution in [0.5, 0.6) is 5.75 Å². The molecule has 3 N–H and O–H groups in total. The monoisotopic (exact) mass is 307 g/mol. The van der Waals surface area contributed by atoms with E-state index in [0.29, 0.717) is 18.3 Å². The number of carbonyl (C=O) groups excluding carboxylic acids is 1. The smallest absolute Gasteiger partial charge is 0.222 e. The number of likely N-dealkylation sites (tertiary alicyclic amines) is 1. The lowest BCUT2D eigenvalue weighted by molar-refractivity contribution is -0.122. The molecule has 1 saturated heterocycles. The molecule has 114 valence electrons. The van der Waals surface area contributed by atoms with E-state index in [1.165, 1.54) is 0 Å². The molecular formula is C15H21N3O2S. The second-order valence-corrected chi connectivity index (χ2v) is 5.46. The van der Waals surface area contributed by atoms with Gasteiger partial charge >= 0.3 is 0 Å². The van der Waals surface area contributed by atoms with Crippen LogP contribution in [0.3, 0.4) is 0 Å². The van der Waals surface area contributed by atoms with Crippen LogP contribution in [0, 0.1) is 5.92 Å². The third-order valence-electron chi connectivity index (χ3n) is 3.53. The van der Waals surface area contributed by atoms with E-state index < -0.39 is 0 Å². The van der Waals surface area contributed by atoms with Crippen molar-refractivity contribution >= 4 is 28.9 Å². The molecule has 1 aromatic rings. The van der Waals surface area contributed by atoms with Crippen LogP contribution in [0.25, 0.3) is 0 Å². The molecule has 1 fully saturated rings. The number of amides is 1. The van der Waals surface area contributed by atoms with Crippen molar-refractivity contribution in [2.75, 3.05) is 25.0 Å². The number of primary amides is 1. The number of thiocarbonyl (C=S) groups is 1. The van der Waals surface area contributed by atoms with Crippen molar-refractivity contribution in [1.82, 2.24) is 4.90 Å². The second-order valence-electron chi connectivity index (χ2n) is 5.08. The number of rotatable bonds is 4. The zero-order valence-corrected chi connectivity index (χ0v) is 13.0. The number of piperidine rings is 1. The van der Waals surface area contributed by atoms with Crippen molar-refractivity contribution in [1.29, 1.82) is 0 Å². The maximum atomic E-state index is 11.3. The number of ether oxygens (including phenoxy) is 1. The largest absolute Gasteiger partial charge is 0.494 e. The molecule has 0 saturated carbocycles. The normalized spacial score (nSPS) is 18.1. The van der Waals surface area contributed by atoms with E-state index in [9.17, 15) is 4.79 Å². The molecule has 1 aromatic carbocycles. The summed E-state index contributed by atoms with van der Waals surface area (Å²) in [7, 11) is 0. The minimum atomic E-state index is -0.247. The van der Waals surface area contributed by atoms with Crippen molar-refractivity contribution in [2.24, 2.45) is 11.7 Å². The van der Waals surface area contributed by atoms with Crippen molar-refractivity contribution in [3.8, 4) is 5.75 Å². The number of nitrogens with one attached hydrogen (secondary N) is 1. The molecule has 21 heavy (non-hydrogen) atoms. The van der Waals surface area contributed by atoms with Gasteiger partial charge in [-0.05, 0) is 56.2 Å². The summed E-state index contributed by atoms with van der Waals surface area (Å²) in [5.74, 6) is 0.475. The molecule has 5 nitrogen and oxygen atoms in total. The minimum Gasteiger partial charge on any atom is -0.494 e. The van der Waals surface area contributed by atoms with Crippen LogP contribution < -0.4 is 15.8 Å². The lowest BCUT2D eigenvalue weighted by atomic mass is 9.98. The Bertz CT molecular complexity index is 504. The Morgan fingerprint density at radius 3 is 2.81 bits per heavy atom. The van der Waals surface area contributed by atoms with Crippen LogP contribution in [0.2, 0.25) is 0 Å². The molecule has 6 heteroatoms. The Morgan fingerprint density at radius 2 is 2.19 bits per heavy atom. The van der Waals surface area contributed by atoms with Gasteiger partial charge in [0.1, 0.15) is 5.75 Å². The molecule has 0 radical (unpaired) electrons.